The Morgan fingerprint density at radius 1 is 1.04 bits per heavy atom. The van der Waals surface area contributed by atoms with Crippen LogP contribution in [0.2, 0.25) is 0 Å². The first-order valence-electron chi connectivity index (χ1n) is 10.0. The summed E-state index contributed by atoms with van der Waals surface area (Å²) in [6, 6.07) is -0.106. The van der Waals surface area contributed by atoms with Gasteiger partial charge in [0.15, 0.2) is 5.11 Å². The highest BCUT2D eigenvalue weighted by Gasteiger charge is 2.36. The molecule has 2 saturated heterocycles. The van der Waals surface area contributed by atoms with Gasteiger partial charge in [-0.2, -0.15) is 0 Å². The second-order valence-electron chi connectivity index (χ2n) is 7.39. The molecule has 0 spiro atoms. The van der Waals surface area contributed by atoms with Crippen LogP contribution in [-0.4, -0.2) is 88.9 Å². The van der Waals surface area contributed by atoms with Gasteiger partial charge in [0.05, 0.1) is 0 Å². The van der Waals surface area contributed by atoms with Gasteiger partial charge in [-0.3, -0.25) is 19.4 Å². The molecule has 2 aliphatic rings. The molecule has 2 aliphatic heterocycles. The van der Waals surface area contributed by atoms with Crippen LogP contribution < -0.4 is 0 Å². The van der Waals surface area contributed by atoms with E-state index in [-0.39, 0.29) is 17.9 Å². The van der Waals surface area contributed by atoms with E-state index in [0.717, 1.165) is 45.7 Å². The van der Waals surface area contributed by atoms with Gasteiger partial charge >= 0.3 is 0 Å². The van der Waals surface area contributed by atoms with Crippen molar-refractivity contribution >= 4 is 29.1 Å². The summed E-state index contributed by atoms with van der Waals surface area (Å²) in [7, 11) is 1.76. The Balaban J connectivity index is 1.50. The third-order valence-electron chi connectivity index (χ3n) is 5.59. The molecular formula is C19H34N4O2S. The molecule has 0 aromatic rings. The van der Waals surface area contributed by atoms with Gasteiger partial charge in [0.25, 0.3) is 5.91 Å². The summed E-state index contributed by atoms with van der Waals surface area (Å²) in [6.45, 7) is 9.68. The maximum Gasteiger partial charge on any atom is 0.250 e. The van der Waals surface area contributed by atoms with E-state index in [1.165, 1.54) is 25.7 Å². The highest BCUT2D eigenvalue weighted by Crippen LogP contribution is 2.17. The maximum absolute atomic E-state index is 11.9. The number of unbranched alkanes of at least 4 members (excludes halogenated alkanes) is 4. The van der Waals surface area contributed by atoms with Crippen molar-refractivity contribution in [3.63, 3.8) is 0 Å². The minimum absolute atomic E-state index is 0.106. The highest BCUT2D eigenvalue weighted by molar-refractivity contribution is 7.80. The topological polar surface area (TPSA) is 47.1 Å². The first-order valence-corrected chi connectivity index (χ1v) is 10.4. The Labute approximate surface area is 163 Å². The molecule has 2 fully saturated rings. The summed E-state index contributed by atoms with van der Waals surface area (Å²) in [5, 5.41) is 0.670. The molecule has 2 heterocycles. The van der Waals surface area contributed by atoms with Crippen LogP contribution in [0.25, 0.3) is 0 Å². The Hall–Kier alpha value is -1.21. The fourth-order valence-electron chi connectivity index (χ4n) is 3.75. The zero-order chi connectivity index (χ0) is 19.1. The Bertz CT molecular complexity index is 506. The summed E-state index contributed by atoms with van der Waals surface area (Å²) in [5.74, 6) is 0.389. The molecule has 0 aromatic heterocycles. The number of amides is 2. The fourth-order valence-corrected chi connectivity index (χ4v) is 4.09. The third-order valence-corrected chi connectivity index (χ3v) is 6.10. The largest absolute Gasteiger partial charge is 0.340 e. The number of piperazine rings is 1. The van der Waals surface area contributed by atoms with Gasteiger partial charge in [0.2, 0.25) is 5.91 Å². The number of thiocarbonyl (C=S) groups is 1. The minimum Gasteiger partial charge on any atom is -0.340 e. The van der Waals surface area contributed by atoms with E-state index in [1.54, 1.807) is 11.9 Å². The van der Waals surface area contributed by atoms with Crippen molar-refractivity contribution in [2.45, 2.75) is 58.4 Å². The number of hydrogen-bond donors (Lipinski definition) is 0. The normalized spacial score (nSPS) is 21.8. The number of nitrogens with zero attached hydrogens (tertiary/aromatic N) is 4. The van der Waals surface area contributed by atoms with Crippen LogP contribution >= 0.6 is 12.2 Å². The molecule has 6 nitrogen and oxygen atoms in total. The molecular weight excluding hydrogens is 348 g/mol. The van der Waals surface area contributed by atoms with E-state index in [0.29, 0.717) is 11.5 Å². The van der Waals surface area contributed by atoms with Gasteiger partial charge in [0, 0.05) is 46.2 Å². The van der Waals surface area contributed by atoms with Gasteiger partial charge in [-0.1, -0.05) is 26.2 Å². The minimum atomic E-state index is -0.106. The van der Waals surface area contributed by atoms with Crippen molar-refractivity contribution in [2.75, 3.05) is 46.3 Å². The monoisotopic (exact) mass is 382 g/mol. The molecule has 0 N–H and O–H groups in total. The van der Waals surface area contributed by atoms with Crippen LogP contribution in [0.5, 0.6) is 0 Å². The number of rotatable bonds is 9. The third kappa shape index (κ3) is 5.39. The Morgan fingerprint density at radius 3 is 2.15 bits per heavy atom. The van der Waals surface area contributed by atoms with Gasteiger partial charge in [-0.25, -0.2) is 0 Å². The summed E-state index contributed by atoms with van der Waals surface area (Å²) in [6.07, 6.45) is 6.58. The first kappa shape index (κ1) is 21.1. The van der Waals surface area contributed by atoms with E-state index < -0.39 is 0 Å². The van der Waals surface area contributed by atoms with Crippen molar-refractivity contribution < 1.29 is 9.59 Å². The van der Waals surface area contributed by atoms with E-state index in [2.05, 4.69) is 9.80 Å². The lowest BCUT2D eigenvalue weighted by molar-refractivity contribution is -0.132. The molecule has 1 atom stereocenters. The van der Waals surface area contributed by atoms with Crippen LogP contribution in [0.15, 0.2) is 0 Å². The molecule has 0 aliphatic carbocycles. The summed E-state index contributed by atoms with van der Waals surface area (Å²) >= 11 is 5.34. The first-order chi connectivity index (χ1) is 12.5. The lowest BCUT2D eigenvalue weighted by Crippen LogP contribution is -2.48. The predicted octanol–water partition coefficient (Wildman–Crippen LogP) is 1.94. The fraction of sp³-hybridized carbons (Fsp3) is 0.842. The van der Waals surface area contributed by atoms with Crippen LogP contribution in [0.4, 0.5) is 0 Å². The number of hydrogen-bond acceptors (Lipinski definition) is 4. The molecule has 2 rings (SSSR count). The average molecular weight is 383 g/mol. The van der Waals surface area contributed by atoms with Crippen molar-refractivity contribution in [1.29, 1.82) is 0 Å². The van der Waals surface area contributed by atoms with Gasteiger partial charge < -0.3 is 9.80 Å². The zero-order valence-corrected chi connectivity index (χ0v) is 17.4. The van der Waals surface area contributed by atoms with Gasteiger partial charge in [0.1, 0.15) is 6.04 Å². The lowest BCUT2D eigenvalue weighted by Gasteiger charge is -2.34. The number of carbonyl (C=O) groups is 2. The standard InChI is InChI=1S/C19H34N4O2S/c1-4-17(24)22-14-12-21(13-15-22)10-8-6-5-7-9-11-23-16(2)18(25)20(3)19(23)26/h16H,4-15H2,1-3H3. The average Bonchev–Trinajstić information content (AvgIpc) is 2.84. The number of carbonyl (C=O) groups excluding carboxylic acids is 2. The molecule has 0 aromatic carbocycles. The highest BCUT2D eigenvalue weighted by atomic mass is 32.1. The second kappa shape index (κ2) is 10.2. The SMILES string of the molecule is CCC(=O)N1CCN(CCCCCCCN2C(=S)N(C)C(=O)C2C)CC1. The van der Waals surface area contributed by atoms with Gasteiger partial charge in [-0.15, -0.1) is 0 Å². The Kier molecular flexibility index (Phi) is 8.28. The van der Waals surface area contributed by atoms with E-state index >= 15 is 0 Å². The van der Waals surface area contributed by atoms with Crippen LogP contribution in [0.1, 0.15) is 52.4 Å². The summed E-state index contributed by atoms with van der Waals surface area (Å²) in [4.78, 5) is 31.7. The molecule has 0 saturated carbocycles. The van der Waals surface area contributed by atoms with E-state index in [9.17, 15) is 9.59 Å². The Morgan fingerprint density at radius 2 is 1.62 bits per heavy atom. The molecule has 148 valence electrons. The second-order valence-corrected chi connectivity index (χ2v) is 7.76. The van der Waals surface area contributed by atoms with Crippen molar-refractivity contribution in [3.8, 4) is 0 Å². The smallest absolute Gasteiger partial charge is 0.250 e. The van der Waals surface area contributed by atoms with Crippen LogP contribution in [0, 0.1) is 0 Å². The van der Waals surface area contributed by atoms with Crippen LogP contribution in [-0.2, 0) is 9.59 Å². The maximum atomic E-state index is 11.9. The van der Waals surface area contributed by atoms with Crippen molar-refractivity contribution in [1.82, 2.24) is 19.6 Å². The molecule has 1 unspecified atom stereocenters. The van der Waals surface area contributed by atoms with Crippen molar-refractivity contribution in [3.05, 3.63) is 0 Å². The van der Waals surface area contributed by atoms with Gasteiger partial charge in [-0.05, 0) is 38.5 Å². The predicted molar refractivity (Wildman–Crippen MR) is 108 cm³/mol. The van der Waals surface area contributed by atoms with E-state index in [1.807, 2.05) is 18.7 Å². The summed E-state index contributed by atoms with van der Waals surface area (Å²) < 4.78 is 0. The van der Waals surface area contributed by atoms with Crippen molar-refractivity contribution in [2.24, 2.45) is 0 Å². The molecule has 0 radical (unpaired) electrons. The lowest BCUT2D eigenvalue weighted by atomic mass is 10.1. The zero-order valence-electron chi connectivity index (χ0n) is 16.6. The number of likely N-dealkylation sites (N-methyl/N-ethyl adjacent to an activating group) is 1. The van der Waals surface area contributed by atoms with E-state index in [4.69, 9.17) is 12.2 Å². The molecule has 0 bridgehead atoms. The quantitative estimate of drug-likeness (QED) is 0.450. The molecule has 2 amide bonds. The molecule has 7 heteroatoms. The molecule has 26 heavy (non-hydrogen) atoms. The van der Waals surface area contributed by atoms with Crippen LogP contribution in [0.3, 0.4) is 0 Å². The summed E-state index contributed by atoms with van der Waals surface area (Å²) in [5.41, 5.74) is 0.